The topological polar surface area (TPSA) is 115 Å². The van der Waals surface area contributed by atoms with Gasteiger partial charge in [0.05, 0.1) is 24.5 Å². The van der Waals surface area contributed by atoms with E-state index in [0.29, 0.717) is 11.4 Å². The first-order valence-electron chi connectivity index (χ1n) is 5.08. The third kappa shape index (κ3) is 3.37. The highest BCUT2D eigenvalue weighted by Crippen LogP contribution is 2.26. The molecule has 17 heavy (non-hydrogen) atoms. The zero-order valence-corrected chi connectivity index (χ0v) is 9.64. The molecule has 1 rings (SSSR count). The van der Waals surface area contributed by atoms with Crippen molar-refractivity contribution in [1.29, 1.82) is 0 Å². The summed E-state index contributed by atoms with van der Waals surface area (Å²) in [5.41, 5.74) is 18.0. The van der Waals surface area contributed by atoms with Gasteiger partial charge in [0.15, 0.2) is 0 Å². The van der Waals surface area contributed by atoms with E-state index in [0.717, 1.165) is 5.56 Å². The highest BCUT2D eigenvalue weighted by atomic mass is 16.2. The number of carbonyl (C=O) groups excluding carboxylic acids is 2. The standard InChI is InChI=1S/C11H16N4O2/c1-7-3-2-4-8(12)11(7)15(5-9(13)16)6-10(14)17/h2-4H,5-6,12H2,1H3,(H2,13,16)(H2,14,17). The zero-order valence-electron chi connectivity index (χ0n) is 9.64. The van der Waals surface area contributed by atoms with E-state index in [1.54, 1.807) is 12.1 Å². The Labute approximate surface area is 99.4 Å². The maximum Gasteiger partial charge on any atom is 0.236 e. The lowest BCUT2D eigenvalue weighted by Crippen LogP contribution is -2.40. The SMILES string of the molecule is Cc1cccc(N)c1N(CC(N)=O)CC(N)=O. The lowest BCUT2D eigenvalue weighted by Gasteiger charge is -2.25. The van der Waals surface area contributed by atoms with Gasteiger partial charge in [-0.3, -0.25) is 9.59 Å². The zero-order chi connectivity index (χ0) is 13.0. The number of hydrogen-bond acceptors (Lipinski definition) is 4. The first-order valence-corrected chi connectivity index (χ1v) is 5.08. The molecule has 0 saturated heterocycles. The lowest BCUT2D eigenvalue weighted by atomic mass is 10.1. The van der Waals surface area contributed by atoms with E-state index in [-0.39, 0.29) is 13.1 Å². The molecular weight excluding hydrogens is 220 g/mol. The van der Waals surface area contributed by atoms with Crippen molar-refractivity contribution < 1.29 is 9.59 Å². The van der Waals surface area contributed by atoms with Crippen LogP contribution < -0.4 is 22.1 Å². The molecule has 0 unspecified atom stereocenters. The van der Waals surface area contributed by atoms with Gasteiger partial charge in [-0.25, -0.2) is 0 Å². The molecule has 0 atom stereocenters. The van der Waals surface area contributed by atoms with Crippen LogP contribution in [-0.2, 0) is 9.59 Å². The van der Waals surface area contributed by atoms with E-state index in [4.69, 9.17) is 17.2 Å². The Balaban J connectivity index is 3.11. The summed E-state index contributed by atoms with van der Waals surface area (Å²) < 4.78 is 0. The summed E-state index contributed by atoms with van der Waals surface area (Å²) in [6, 6.07) is 5.32. The number of amides is 2. The minimum atomic E-state index is -0.547. The number of rotatable bonds is 5. The van der Waals surface area contributed by atoms with E-state index in [1.807, 2.05) is 13.0 Å². The molecule has 6 heteroatoms. The number of aryl methyl sites for hydroxylation is 1. The van der Waals surface area contributed by atoms with Crippen molar-refractivity contribution in [2.24, 2.45) is 11.5 Å². The molecule has 1 aromatic rings. The van der Waals surface area contributed by atoms with Crippen LogP contribution in [0.5, 0.6) is 0 Å². The number of hydrogen-bond donors (Lipinski definition) is 3. The highest BCUT2D eigenvalue weighted by Gasteiger charge is 2.16. The van der Waals surface area contributed by atoms with Crippen molar-refractivity contribution in [2.45, 2.75) is 6.92 Å². The molecule has 0 aliphatic rings. The van der Waals surface area contributed by atoms with Gasteiger partial charge in [0.1, 0.15) is 0 Å². The van der Waals surface area contributed by atoms with Crippen LogP contribution in [0.1, 0.15) is 5.56 Å². The van der Waals surface area contributed by atoms with Crippen molar-refractivity contribution in [3.05, 3.63) is 23.8 Å². The maximum absolute atomic E-state index is 11.0. The average Bonchev–Trinajstić information content (AvgIpc) is 2.14. The van der Waals surface area contributed by atoms with Gasteiger partial charge >= 0.3 is 0 Å². The predicted molar refractivity (Wildman–Crippen MR) is 66.2 cm³/mol. The minimum Gasteiger partial charge on any atom is -0.397 e. The number of primary amides is 2. The van der Waals surface area contributed by atoms with Crippen LogP contribution in [-0.4, -0.2) is 24.9 Å². The fourth-order valence-corrected chi connectivity index (χ4v) is 1.70. The molecule has 0 spiro atoms. The molecule has 0 fully saturated rings. The van der Waals surface area contributed by atoms with Crippen LogP contribution in [0.2, 0.25) is 0 Å². The smallest absolute Gasteiger partial charge is 0.236 e. The molecule has 0 bridgehead atoms. The third-order valence-electron chi connectivity index (χ3n) is 2.28. The van der Waals surface area contributed by atoms with Crippen LogP contribution >= 0.6 is 0 Å². The van der Waals surface area contributed by atoms with Gasteiger partial charge in [-0.15, -0.1) is 0 Å². The Kier molecular flexibility index (Phi) is 3.92. The summed E-state index contributed by atoms with van der Waals surface area (Å²) in [4.78, 5) is 23.4. The molecule has 6 N–H and O–H groups in total. The fraction of sp³-hybridized carbons (Fsp3) is 0.273. The molecule has 0 saturated carbocycles. The van der Waals surface area contributed by atoms with Gasteiger partial charge in [-0.1, -0.05) is 12.1 Å². The molecule has 0 aliphatic carbocycles. The number of benzene rings is 1. The molecule has 0 aromatic heterocycles. The van der Waals surface area contributed by atoms with Gasteiger partial charge < -0.3 is 22.1 Å². The summed E-state index contributed by atoms with van der Waals surface area (Å²) in [6.07, 6.45) is 0. The molecule has 0 heterocycles. The number of nitrogens with zero attached hydrogens (tertiary/aromatic N) is 1. The van der Waals surface area contributed by atoms with E-state index in [9.17, 15) is 9.59 Å². The Morgan fingerprint density at radius 2 is 1.71 bits per heavy atom. The summed E-state index contributed by atoms with van der Waals surface area (Å²) in [5.74, 6) is -1.09. The second-order valence-electron chi connectivity index (χ2n) is 3.80. The second kappa shape index (κ2) is 5.20. The van der Waals surface area contributed by atoms with Crippen molar-refractivity contribution in [1.82, 2.24) is 0 Å². The van der Waals surface area contributed by atoms with Crippen molar-refractivity contribution in [3.63, 3.8) is 0 Å². The van der Waals surface area contributed by atoms with Crippen LogP contribution in [0.25, 0.3) is 0 Å². The molecule has 6 nitrogen and oxygen atoms in total. The van der Waals surface area contributed by atoms with E-state index >= 15 is 0 Å². The highest BCUT2D eigenvalue weighted by molar-refractivity contribution is 5.87. The van der Waals surface area contributed by atoms with E-state index in [2.05, 4.69) is 0 Å². The maximum atomic E-state index is 11.0. The normalized spacial score (nSPS) is 9.94. The second-order valence-corrected chi connectivity index (χ2v) is 3.80. The first kappa shape index (κ1) is 12.8. The van der Waals surface area contributed by atoms with Crippen LogP contribution in [0.15, 0.2) is 18.2 Å². The summed E-state index contributed by atoms with van der Waals surface area (Å²) in [5, 5.41) is 0. The Hall–Kier alpha value is -2.24. The number of anilines is 2. The van der Waals surface area contributed by atoms with Crippen molar-refractivity contribution in [2.75, 3.05) is 23.7 Å². The first-order chi connectivity index (χ1) is 7.91. The molecular formula is C11H16N4O2. The Bertz CT molecular complexity index is 409. The number of carbonyl (C=O) groups is 2. The number of nitrogen functional groups attached to an aromatic ring is 1. The fourth-order valence-electron chi connectivity index (χ4n) is 1.70. The number of para-hydroxylation sites is 1. The summed E-state index contributed by atoms with van der Waals surface area (Å²) >= 11 is 0. The van der Waals surface area contributed by atoms with Gasteiger partial charge in [0.25, 0.3) is 0 Å². The van der Waals surface area contributed by atoms with Crippen LogP contribution in [0, 0.1) is 6.92 Å². The van der Waals surface area contributed by atoms with Crippen molar-refractivity contribution >= 4 is 23.2 Å². The lowest BCUT2D eigenvalue weighted by molar-refractivity contribution is -0.117. The van der Waals surface area contributed by atoms with Crippen LogP contribution in [0.4, 0.5) is 11.4 Å². The van der Waals surface area contributed by atoms with Gasteiger partial charge in [-0.05, 0) is 18.6 Å². The molecule has 1 aromatic carbocycles. The Morgan fingerprint density at radius 3 is 2.12 bits per heavy atom. The monoisotopic (exact) mass is 236 g/mol. The average molecular weight is 236 g/mol. The van der Waals surface area contributed by atoms with E-state index in [1.165, 1.54) is 4.90 Å². The molecule has 2 amide bonds. The largest absolute Gasteiger partial charge is 0.397 e. The summed E-state index contributed by atoms with van der Waals surface area (Å²) in [7, 11) is 0. The van der Waals surface area contributed by atoms with Crippen molar-refractivity contribution in [3.8, 4) is 0 Å². The summed E-state index contributed by atoms with van der Waals surface area (Å²) in [6.45, 7) is 1.64. The van der Waals surface area contributed by atoms with E-state index < -0.39 is 11.8 Å². The molecule has 0 aliphatic heterocycles. The Morgan fingerprint density at radius 1 is 1.18 bits per heavy atom. The molecule has 92 valence electrons. The molecule has 0 radical (unpaired) electrons. The minimum absolute atomic E-state index is 0.0992. The van der Waals surface area contributed by atoms with Gasteiger partial charge in [0.2, 0.25) is 11.8 Å². The number of nitrogens with two attached hydrogens (primary N) is 3. The quantitative estimate of drug-likeness (QED) is 0.589. The predicted octanol–water partition coefficient (Wildman–Crippen LogP) is -0.646. The van der Waals surface area contributed by atoms with Gasteiger partial charge in [-0.2, -0.15) is 0 Å². The third-order valence-corrected chi connectivity index (χ3v) is 2.28. The van der Waals surface area contributed by atoms with Crippen LogP contribution in [0.3, 0.4) is 0 Å². The van der Waals surface area contributed by atoms with Gasteiger partial charge in [0, 0.05) is 0 Å².